The SMILES string of the molecule is CNc1cc(N2CCC3NC(=O)CCC3C2)ccn1. The summed E-state index contributed by atoms with van der Waals surface area (Å²) in [5.41, 5.74) is 1.22. The molecule has 2 aliphatic heterocycles. The topological polar surface area (TPSA) is 57.3 Å². The standard InChI is InChI=1S/C14H20N4O/c1-15-13-8-11(4-6-16-13)18-7-5-12-10(9-18)2-3-14(19)17-12/h4,6,8,10,12H,2-3,5,7,9H2,1H3,(H,15,16)(H,17,19). The van der Waals surface area contributed by atoms with Crippen molar-refractivity contribution in [3.63, 3.8) is 0 Å². The Labute approximate surface area is 113 Å². The minimum Gasteiger partial charge on any atom is -0.373 e. The summed E-state index contributed by atoms with van der Waals surface area (Å²) in [6, 6.07) is 4.52. The summed E-state index contributed by atoms with van der Waals surface area (Å²) >= 11 is 0. The van der Waals surface area contributed by atoms with Gasteiger partial charge in [-0.05, 0) is 24.8 Å². The molecular formula is C14H20N4O. The van der Waals surface area contributed by atoms with E-state index < -0.39 is 0 Å². The molecule has 1 aromatic rings. The van der Waals surface area contributed by atoms with Crippen molar-refractivity contribution in [2.45, 2.75) is 25.3 Å². The Morgan fingerprint density at radius 3 is 3.21 bits per heavy atom. The third-order valence-electron chi connectivity index (χ3n) is 4.19. The van der Waals surface area contributed by atoms with Crippen LogP contribution in [0.2, 0.25) is 0 Å². The van der Waals surface area contributed by atoms with Gasteiger partial charge in [-0.25, -0.2) is 4.98 Å². The zero-order valence-corrected chi connectivity index (χ0v) is 11.2. The average Bonchev–Trinajstić information content (AvgIpc) is 2.46. The van der Waals surface area contributed by atoms with E-state index in [9.17, 15) is 4.79 Å². The maximum Gasteiger partial charge on any atom is 0.220 e. The number of fused-ring (bicyclic) bond motifs is 1. The lowest BCUT2D eigenvalue weighted by Crippen LogP contribution is -2.54. The number of hydrogen-bond donors (Lipinski definition) is 2. The molecule has 0 bridgehead atoms. The molecule has 2 fully saturated rings. The lowest BCUT2D eigenvalue weighted by atomic mass is 9.85. The number of pyridine rings is 1. The third kappa shape index (κ3) is 2.50. The first-order valence-electron chi connectivity index (χ1n) is 6.94. The van der Waals surface area contributed by atoms with Crippen LogP contribution in [0.1, 0.15) is 19.3 Å². The fourth-order valence-electron chi connectivity index (χ4n) is 3.10. The molecule has 5 nitrogen and oxygen atoms in total. The van der Waals surface area contributed by atoms with E-state index in [0.717, 1.165) is 31.7 Å². The van der Waals surface area contributed by atoms with Gasteiger partial charge in [0.2, 0.25) is 5.91 Å². The van der Waals surface area contributed by atoms with Crippen LogP contribution in [-0.4, -0.2) is 37.1 Å². The first-order valence-corrected chi connectivity index (χ1v) is 6.94. The van der Waals surface area contributed by atoms with Crippen LogP contribution < -0.4 is 15.5 Å². The van der Waals surface area contributed by atoms with Crippen molar-refractivity contribution in [3.05, 3.63) is 18.3 Å². The number of amides is 1. The van der Waals surface area contributed by atoms with E-state index in [0.29, 0.717) is 18.4 Å². The second-order valence-corrected chi connectivity index (χ2v) is 5.36. The third-order valence-corrected chi connectivity index (χ3v) is 4.19. The van der Waals surface area contributed by atoms with Gasteiger partial charge in [0.15, 0.2) is 0 Å². The van der Waals surface area contributed by atoms with E-state index in [4.69, 9.17) is 0 Å². The van der Waals surface area contributed by atoms with Gasteiger partial charge in [-0.15, -0.1) is 0 Å². The van der Waals surface area contributed by atoms with Crippen LogP contribution in [0.25, 0.3) is 0 Å². The molecule has 0 radical (unpaired) electrons. The summed E-state index contributed by atoms with van der Waals surface area (Å²) < 4.78 is 0. The Balaban J connectivity index is 1.72. The van der Waals surface area contributed by atoms with Crippen molar-refractivity contribution in [3.8, 4) is 0 Å². The molecule has 2 aliphatic rings. The lowest BCUT2D eigenvalue weighted by molar-refractivity contribution is -0.124. The van der Waals surface area contributed by atoms with Gasteiger partial charge in [0.05, 0.1) is 0 Å². The lowest BCUT2D eigenvalue weighted by Gasteiger charge is -2.42. The van der Waals surface area contributed by atoms with Gasteiger partial charge in [0, 0.05) is 50.6 Å². The van der Waals surface area contributed by atoms with Crippen molar-refractivity contribution < 1.29 is 4.79 Å². The first-order chi connectivity index (χ1) is 9.26. The Morgan fingerprint density at radius 2 is 2.37 bits per heavy atom. The smallest absolute Gasteiger partial charge is 0.220 e. The molecule has 19 heavy (non-hydrogen) atoms. The van der Waals surface area contributed by atoms with Crippen molar-refractivity contribution in [2.75, 3.05) is 30.4 Å². The highest BCUT2D eigenvalue weighted by Gasteiger charge is 2.33. The molecule has 2 atom stereocenters. The van der Waals surface area contributed by atoms with Gasteiger partial charge < -0.3 is 15.5 Å². The predicted octanol–water partition coefficient (Wildman–Crippen LogP) is 1.23. The van der Waals surface area contributed by atoms with Crippen molar-refractivity contribution >= 4 is 17.4 Å². The van der Waals surface area contributed by atoms with E-state index in [1.165, 1.54) is 5.69 Å². The number of anilines is 2. The molecule has 0 aliphatic carbocycles. The minimum atomic E-state index is 0.219. The molecule has 3 rings (SSSR count). The van der Waals surface area contributed by atoms with Crippen LogP contribution >= 0.6 is 0 Å². The largest absolute Gasteiger partial charge is 0.373 e. The summed E-state index contributed by atoms with van der Waals surface area (Å²) in [6.45, 7) is 2.02. The van der Waals surface area contributed by atoms with Gasteiger partial charge in [-0.1, -0.05) is 0 Å². The number of hydrogen-bond acceptors (Lipinski definition) is 4. The predicted molar refractivity (Wildman–Crippen MR) is 75.3 cm³/mol. The summed E-state index contributed by atoms with van der Waals surface area (Å²) in [6.07, 6.45) is 4.56. The van der Waals surface area contributed by atoms with E-state index in [1.54, 1.807) is 0 Å². The Kier molecular flexibility index (Phi) is 3.27. The van der Waals surface area contributed by atoms with Crippen molar-refractivity contribution in [1.29, 1.82) is 0 Å². The number of rotatable bonds is 2. The Morgan fingerprint density at radius 1 is 1.47 bits per heavy atom. The molecule has 1 aromatic heterocycles. The zero-order valence-electron chi connectivity index (χ0n) is 11.2. The Bertz CT molecular complexity index is 476. The molecular weight excluding hydrogens is 240 g/mol. The molecule has 2 N–H and O–H groups in total. The summed E-state index contributed by atoms with van der Waals surface area (Å²) in [7, 11) is 1.88. The Hall–Kier alpha value is -1.78. The number of carbonyl (C=O) groups is 1. The summed E-state index contributed by atoms with van der Waals surface area (Å²) in [5.74, 6) is 1.70. The molecule has 2 saturated heterocycles. The van der Waals surface area contributed by atoms with E-state index in [2.05, 4.69) is 32.7 Å². The van der Waals surface area contributed by atoms with Gasteiger partial charge in [0.1, 0.15) is 5.82 Å². The fraction of sp³-hybridized carbons (Fsp3) is 0.571. The highest BCUT2D eigenvalue weighted by Crippen LogP contribution is 2.29. The molecule has 2 unspecified atom stereocenters. The number of nitrogens with zero attached hydrogens (tertiary/aromatic N) is 2. The second-order valence-electron chi connectivity index (χ2n) is 5.36. The number of carbonyl (C=O) groups excluding carboxylic acids is 1. The van der Waals surface area contributed by atoms with Crippen LogP contribution in [0.15, 0.2) is 18.3 Å². The molecule has 1 amide bonds. The van der Waals surface area contributed by atoms with Gasteiger partial charge in [-0.2, -0.15) is 0 Å². The molecule has 3 heterocycles. The number of nitrogens with one attached hydrogen (secondary N) is 2. The second kappa shape index (κ2) is 5.07. The van der Waals surface area contributed by atoms with Crippen molar-refractivity contribution in [1.82, 2.24) is 10.3 Å². The number of piperidine rings is 2. The molecule has 0 aromatic carbocycles. The zero-order chi connectivity index (χ0) is 13.2. The van der Waals surface area contributed by atoms with Crippen LogP contribution in [0.4, 0.5) is 11.5 Å². The fourth-order valence-corrected chi connectivity index (χ4v) is 3.10. The first kappa shape index (κ1) is 12.3. The van der Waals surface area contributed by atoms with Gasteiger partial charge >= 0.3 is 0 Å². The molecule has 5 heteroatoms. The minimum absolute atomic E-state index is 0.219. The molecule has 102 valence electrons. The monoisotopic (exact) mass is 260 g/mol. The van der Waals surface area contributed by atoms with Gasteiger partial charge in [-0.3, -0.25) is 4.79 Å². The highest BCUT2D eigenvalue weighted by atomic mass is 16.1. The van der Waals surface area contributed by atoms with E-state index in [-0.39, 0.29) is 5.91 Å². The summed E-state index contributed by atoms with van der Waals surface area (Å²) in [4.78, 5) is 18.1. The normalized spacial score (nSPS) is 26.6. The van der Waals surface area contributed by atoms with Crippen LogP contribution in [-0.2, 0) is 4.79 Å². The summed E-state index contributed by atoms with van der Waals surface area (Å²) in [5, 5.41) is 6.20. The van der Waals surface area contributed by atoms with Crippen LogP contribution in [0.3, 0.4) is 0 Å². The molecule has 0 spiro atoms. The van der Waals surface area contributed by atoms with Crippen LogP contribution in [0.5, 0.6) is 0 Å². The quantitative estimate of drug-likeness (QED) is 0.839. The average molecular weight is 260 g/mol. The van der Waals surface area contributed by atoms with Gasteiger partial charge in [0.25, 0.3) is 0 Å². The highest BCUT2D eigenvalue weighted by molar-refractivity contribution is 5.77. The van der Waals surface area contributed by atoms with E-state index >= 15 is 0 Å². The van der Waals surface area contributed by atoms with Crippen molar-refractivity contribution in [2.24, 2.45) is 5.92 Å². The molecule has 0 saturated carbocycles. The van der Waals surface area contributed by atoms with Crippen LogP contribution in [0, 0.1) is 5.92 Å². The maximum absolute atomic E-state index is 11.4. The maximum atomic E-state index is 11.4. The number of aromatic nitrogens is 1. The van der Waals surface area contributed by atoms with E-state index in [1.807, 2.05) is 13.2 Å².